The molecule has 1 aromatic rings. The van der Waals surface area contributed by atoms with Gasteiger partial charge in [0.1, 0.15) is 11.0 Å². The lowest BCUT2D eigenvalue weighted by Crippen LogP contribution is -2.14. The van der Waals surface area contributed by atoms with Crippen LogP contribution in [0.15, 0.2) is 6.20 Å². The van der Waals surface area contributed by atoms with Crippen molar-refractivity contribution in [2.75, 3.05) is 13.1 Å². The van der Waals surface area contributed by atoms with Crippen LogP contribution in [-0.4, -0.2) is 22.6 Å². The fourth-order valence-electron chi connectivity index (χ4n) is 2.04. The first-order valence-corrected chi connectivity index (χ1v) is 5.51. The van der Waals surface area contributed by atoms with E-state index in [1.54, 1.807) is 6.20 Å². The molecule has 0 saturated carbocycles. The fraction of sp³-hybridized carbons (Fsp3) is 0.700. The number of nitrogens with one attached hydrogen (secondary N) is 1. The summed E-state index contributed by atoms with van der Waals surface area (Å²) in [7, 11) is 0. The lowest BCUT2D eigenvalue weighted by Gasteiger charge is -2.16. The zero-order valence-corrected chi connectivity index (χ0v) is 9.38. The maximum Gasteiger partial charge on any atom is 0.129 e. The number of hydrogen-bond donors (Lipinski definition) is 1. The van der Waals surface area contributed by atoms with Crippen LogP contribution < -0.4 is 5.32 Å². The first-order chi connectivity index (χ1) is 6.70. The smallest absolute Gasteiger partial charge is 0.129 e. The van der Waals surface area contributed by atoms with E-state index in [1.807, 2.05) is 0 Å². The Balaban J connectivity index is 2.32. The Morgan fingerprint density at radius 3 is 3.00 bits per heavy atom. The highest BCUT2D eigenvalue weighted by Crippen LogP contribution is 2.27. The number of aromatic nitrogens is 2. The Hall–Kier alpha value is -0.540. The molecule has 1 N–H and O–H groups in total. The van der Waals surface area contributed by atoms with Gasteiger partial charge >= 0.3 is 0 Å². The van der Waals surface area contributed by atoms with E-state index < -0.39 is 0 Å². The highest BCUT2D eigenvalue weighted by atomic mass is 35.5. The second-order valence-electron chi connectivity index (χ2n) is 4.09. The zero-order valence-electron chi connectivity index (χ0n) is 8.63. The fourth-order valence-corrected chi connectivity index (χ4v) is 2.37. The normalized spacial score (nSPS) is 22.1. The van der Waals surface area contributed by atoms with Crippen molar-refractivity contribution in [2.24, 2.45) is 0 Å². The minimum atomic E-state index is 0.389. The Bertz CT molecular complexity index is 313. The van der Waals surface area contributed by atoms with Crippen LogP contribution in [0, 0.1) is 0 Å². The van der Waals surface area contributed by atoms with Gasteiger partial charge in [-0.05, 0) is 26.8 Å². The highest BCUT2D eigenvalue weighted by Gasteiger charge is 2.23. The second-order valence-corrected chi connectivity index (χ2v) is 4.48. The summed E-state index contributed by atoms with van der Waals surface area (Å²) in [5, 5.41) is 4.10. The van der Waals surface area contributed by atoms with Crippen LogP contribution in [0.1, 0.15) is 38.1 Å². The minimum Gasteiger partial charge on any atom is -0.316 e. The molecule has 1 unspecified atom stereocenters. The average molecular weight is 214 g/mol. The first-order valence-electron chi connectivity index (χ1n) is 5.13. The number of nitrogens with zero attached hydrogens (tertiary/aromatic N) is 2. The van der Waals surface area contributed by atoms with Crippen molar-refractivity contribution in [1.82, 2.24) is 14.9 Å². The number of rotatable bonds is 2. The molecule has 1 fully saturated rings. The summed E-state index contributed by atoms with van der Waals surface area (Å²) < 4.78 is 2.12. The third-order valence-corrected chi connectivity index (χ3v) is 3.00. The molecule has 4 heteroatoms. The van der Waals surface area contributed by atoms with Gasteiger partial charge in [0.25, 0.3) is 0 Å². The molecular formula is C10H16ClN3. The quantitative estimate of drug-likeness (QED) is 0.817. The summed E-state index contributed by atoms with van der Waals surface area (Å²) in [5.74, 6) is 1.67. The van der Waals surface area contributed by atoms with Crippen molar-refractivity contribution in [2.45, 2.75) is 32.2 Å². The predicted octanol–water partition coefficient (Wildman–Crippen LogP) is 2.19. The summed E-state index contributed by atoms with van der Waals surface area (Å²) in [6.07, 6.45) is 2.93. The lowest BCUT2D eigenvalue weighted by atomic mass is 10.1. The van der Waals surface area contributed by atoms with Gasteiger partial charge in [-0.3, -0.25) is 0 Å². The van der Waals surface area contributed by atoms with Crippen molar-refractivity contribution in [3.63, 3.8) is 0 Å². The van der Waals surface area contributed by atoms with Crippen LogP contribution in [0.5, 0.6) is 0 Å². The Labute approximate surface area is 89.5 Å². The molecule has 2 rings (SSSR count). The standard InChI is InChI=1S/C10H16ClN3/c1-7(2)14-9(11)6-13-10(14)8-3-4-12-5-8/h6-8,12H,3-5H2,1-2H3. The second kappa shape index (κ2) is 3.91. The van der Waals surface area contributed by atoms with Crippen LogP contribution in [0.2, 0.25) is 5.15 Å². The molecule has 1 saturated heterocycles. The Morgan fingerprint density at radius 2 is 2.43 bits per heavy atom. The molecule has 0 spiro atoms. The van der Waals surface area contributed by atoms with Gasteiger partial charge in [-0.15, -0.1) is 0 Å². The van der Waals surface area contributed by atoms with Crippen molar-refractivity contribution in [3.05, 3.63) is 17.2 Å². The third kappa shape index (κ3) is 1.66. The molecule has 2 heterocycles. The molecular weight excluding hydrogens is 198 g/mol. The summed E-state index contributed by atoms with van der Waals surface area (Å²) in [5.41, 5.74) is 0. The number of imidazole rings is 1. The highest BCUT2D eigenvalue weighted by molar-refractivity contribution is 6.29. The van der Waals surface area contributed by atoms with Crippen LogP contribution in [0.4, 0.5) is 0 Å². The Morgan fingerprint density at radius 1 is 1.64 bits per heavy atom. The van der Waals surface area contributed by atoms with E-state index in [0.29, 0.717) is 12.0 Å². The van der Waals surface area contributed by atoms with Gasteiger partial charge in [0.2, 0.25) is 0 Å². The minimum absolute atomic E-state index is 0.389. The molecule has 0 aliphatic carbocycles. The lowest BCUT2D eigenvalue weighted by molar-refractivity contribution is 0.538. The van der Waals surface area contributed by atoms with Crippen LogP contribution in [-0.2, 0) is 0 Å². The largest absolute Gasteiger partial charge is 0.316 e. The first kappa shape index (κ1) is 9.99. The molecule has 1 atom stereocenters. The van der Waals surface area contributed by atoms with E-state index >= 15 is 0 Å². The van der Waals surface area contributed by atoms with E-state index in [-0.39, 0.29) is 0 Å². The van der Waals surface area contributed by atoms with Gasteiger partial charge in [-0.25, -0.2) is 4.98 Å². The van der Waals surface area contributed by atoms with E-state index in [0.717, 1.165) is 24.1 Å². The number of hydrogen-bond acceptors (Lipinski definition) is 2. The van der Waals surface area contributed by atoms with Gasteiger partial charge in [0, 0.05) is 18.5 Å². The summed E-state index contributed by atoms with van der Waals surface area (Å²) in [4.78, 5) is 4.41. The van der Waals surface area contributed by atoms with Gasteiger partial charge in [-0.2, -0.15) is 0 Å². The van der Waals surface area contributed by atoms with Gasteiger partial charge < -0.3 is 9.88 Å². The Kier molecular flexibility index (Phi) is 2.79. The molecule has 0 aromatic carbocycles. The molecule has 1 aliphatic rings. The van der Waals surface area contributed by atoms with Crippen molar-refractivity contribution in [3.8, 4) is 0 Å². The van der Waals surface area contributed by atoms with E-state index in [9.17, 15) is 0 Å². The molecule has 0 bridgehead atoms. The van der Waals surface area contributed by atoms with E-state index in [2.05, 4.69) is 28.7 Å². The third-order valence-electron chi connectivity index (χ3n) is 2.72. The van der Waals surface area contributed by atoms with E-state index in [4.69, 9.17) is 11.6 Å². The van der Waals surface area contributed by atoms with Crippen LogP contribution in [0.25, 0.3) is 0 Å². The summed E-state index contributed by atoms with van der Waals surface area (Å²) in [6, 6.07) is 0.389. The van der Waals surface area contributed by atoms with Crippen LogP contribution in [0.3, 0.4) is 0 Å². The zero-order chi connectivity index (χ0) is 10.1. The average Bonchev–Trinajstić information content (AvgIpc) is 2.70. The van der Waals surface area contributed by atoms with Crippen molar-refractivity contribution < 1.29 is 0 Å². The molecule has 0 radical (unpaired) electrons. The molecule has 78 valence electrons. The monoisotopic (exact) mass is 213 g/mol. The maximum absolute atomic E-state index is 6.10. The van der Waals surface area contributed by atoms with Gasteiger partial charge in [0.05, 0.1) is 6.20 Å². The molecule has 1 aliphatic heterocycles. The molecule has 0 amide bonds. The maximum atomic E-state index is 6.10. The molecule has 14 heavy (non-hydrogen) atoms. The van der Waals surface area contributed by atoms with Crippen molar-refractivity contribution >= 4 is 11.6 Å². The topological polar surface area (TPSA) is 29.9 Å². The molecule has 1 aromatic heterocycles. The molecule has 3 nitrogen and oxygen atoms in total. The SMILES string of the molecule is CC(C)n1c(Cl)cnc1C1CCNC1. The van der Waals surface area contributed by atoms with Gasteiger partial charge in [-0.1, -0.05) is 11.6 Å². The summed E-state index contributed by atoms with van der Waals surface area (Å²) in [6.45, 7) is 6.40. The predicted molar refractivity (Wildman–Crippen MR) is 57.8 cm³/mol. The summed E-state index contributed by atoms with van der Waals surface area (Å²) >= 11 is 6.10. The number of halogens is 1. The van der Waals surface area contributed by atoms with E-state index in [1.165, 1.54) is 6.42 Å². The van der Waals surface area contributed by atoms with Crippen molar-refractivity contribution in [1.29, 1.82) is 0 Å². The van der Waals surface area contributed by atoms with Gasteiger partial charge in [0.15, 0.2) is 0 Å². The van der Waals surface area contributed by atoms with Crippen LogP contribution >= 0.6 is 11.6 Å².